The van der Waals surface area contributed by atoms with Crippen molar-refractivity contribution in [3.05, 3.63) is 64.9 Å². The Bertz CT molecular complexity index is 950. The fourth-order valence-electron chi connectivity index (χ4n) is 2.59. The molecule has 0 saturated heterocycles. The zero-order chi connectivity index (χ0) is 19.2. The molecule has 3 aromatic rings. The van der Waals surface area contributed by atoms with Gasteiger partial charge in [-0.05, 0) is 43.7 Å². The van der Waals surface area contributed by atoms with Crippen molar-refractivity contribution in [1.29, 1.82) is 0 Å². The molecule has 0 saturated carbocycles. The predicted octanol–water partition coefficient (Wildman–Crippen LogP) is 4.01. The summed E-state index contributed by atoms with van der Waals surface area (Å²) in [5, 5.41) is 1.51. The number of aryl methyl sites for hydroxylation is 1. The van der Waals surface area contributed by atoms with Crippen molar-refractivity contribution in [3.63, 3.8) is 0 Å². The van der Waals surface area contributed by atoms with E-state index in [0.29, 0.717) is 29.4 Å². The highest BCUT2D eigenvalue weighted by molar-refractivity contribution is 6.30. The smallest absolute Gasteiger partial charge is 0.305 e. The van der Waals surface area contributed by atoms with Crippen molar-refractivity contribution < 1.29 is 18.7 Å². The Labute approximate surface area is 161 Å². The van der Waals surface area contributed by atoms with Gasteiger partial charge in [-0.2, -0.15) is 0 Å². The monoisotopic (exact) mass is 386 g/mol. The molecule has 1 heterocycles. The first kappa shape index (κ1) is 18.8. The SMILES string of the molecule is Cc1c(C(=O)NNC(=O)CCCOc2ccc(Cl)cc2)oc2ccccc12. The van der Waals surface area contributed by atoms with E-state index in [1.165, 1.54) is 0 Å². The van der Waals surface area contributed by atoms with E-state index in [9.17, 15) is 9.59 Å². The third kappa shape index (κ3) is 4.80. The van der Waals surface area contributed by atoms with Crippen molar-refractivity contribution in [2.24, 2.45) is 0 Å². The van der Waals surface area contributed by atoms with E-state index in [2.05, 4.69) is 10.9 Å². The Morgan fingerprint density at radius 2 is 1.81 bits per heavy atom. The number of carbonyl (C=O) groups is 2. The zero-order valence-corrected chi connectivity index (χ0v) is 15.5. The molecule has 1 aromatic heterocycles. The molecule has 2 aromatic carbocycles. The second-order valence-corrected chi connectivity index (χ2v) is 6.40. The second kappa shape index (κ2) is 8.60. The fourth-order valence-corrected chi connectivity index (χ4v) is 2.72. The van der Waals surface area contributed by atoms with Gasteiger partial charge in [0.15, 0.2) is 5.76 Å². The Balaban J connectivity index is 1.42. The number of halogens is 1. The highest BCUT2D eigenvalue weighted by Crippen LogP contribution is 2.24. The standard InChI is InChI=1S/C20H19ClN2O4/c1-13-16-5-2-3-6-17(16)27-19(13)20(25)23-22-18(24)7-4-12-26-15-10-8-14(21)9-11-15/h2-3,5-6,8-11H,4,7,12H2,1H3,(H,22,24)(H,23,25). The fraction of sp³-hybridized carbons (Fsp3) is 0.200. The summed E-state index contributed by atoms with van der Waals surface area (Å²) < 4.78 is 11.1. The van der Waals surface area contributed by atoms with Crippen molar-refractivity contribution >= 4 is 34.4 Å². The lowest BCUT2D eigenvalue weighted by atomic mass is 10.1. The maximum Gasteiger partial charge on any atom is 0.305 e. The largest absolute Gasteiger partial charge is 0.494 e. The summed E-state index contributed by atoms with van der Waals surface area (Å²) in [4.78, 5) is 24.1. The van der Waals surface area contributed by atoms with Crippen LogP contribution in [0.25, 0.3) is 11.0 Å². The molecule has 0 spiro atoms. The number of hydrogen-bond acceptors (Lipinski definition) is 4. The number of furan rings is 1. The predicted molar refractivity (Wildman–Crippen MR) is 103 cm³/mol. The van der Waals surface area contributed by atoms with Gasteiger partial charge in [0, 0.05) is 22.4 Å². The summed E-state index contributed by atoms with van der Waals surface area (Å²) in [6.07, 6.45) is 0.723. The first-order valence-corrected chi connectivity index (χ1v) is 8.88. The Morgan fingerprint density at radius 3 is 2.56 bits per heavy atom. The highest BCUT2D eigenvalue weighted by Gasteiger charge is 2.17. The molecule has 7 heteroatoms. The number of hydrazine groups is 1. The first-order valence-electron chi connectivity index (χ1n) is 8.50. The topological polar surface area (TPSA) is 80.6 Å². The Kier molecular flexibility index (Phi) is 5.98. The van der Waals surface area contributed by atoms with Crippen LogP contribution in [-0.4, -0.2) is 18.4 Å². The van der Waals surface area contributed by atoms with Gasteiger partial charge in [-0.25, -0.2) is 0 Å². The molecule has 0 aliphatic rings. The Morgan fingerprint density at radius 1 is 1.07 bits per heavy atom. The number of ether oxygens (including phenoxy) is 1. The van der Waals surface area contributed by atoms with E-state index in [-0.39, 0.29) is 18.1 Å². The number of amides is 2. The van der Waals surface area contributed by atoms with E-state index in [4.69, 9.17) is 20.8 Å². The highest BCUT2D eigenvalue weighted by atomic mass is 35.5. The van der Waals surface area contributed by atoms with Crippen molar-refractivity contribution in [3.8, 4) is 5.75 Å². The number of hydrogen-bond donors (Lipinski definition) is 2. The number of benzene rings is 2. The summed E-state index contributed by atoms with van der Waals surface area (Å²) in [6, 6.07) is 14.4. The minimum atomic E-state index is -0.491. The van der Waals surface area contributed by atoms with E-state index in [1.54, 1.807) is 37.3 Å². The third-order valence-corrected chi connectivity index (χ3v) is 4.25. The number of nitrogens with one attached hydrogen (secondary N) is 2. The van der Waals surface area contributed by atoms with Gasteiger partial charge < -0.3 is 9.15 Å². The average Bonchev–Trinajstić information content (AvgIpc) is 3.02. The summed E-state index contributed by atoms with van der Waals surface area (Å²) in [5.74, 6) is 0.0716. The van der Waals surface area contributed by atoms with Crippen LogP contribution in [0, 0.1) is 6.92 Å². The lowest BCUT2D eigenvalue weighted by Crippen LogP contribution is -2.41. The molecule has 3 rings (SSSR count). The molecule has 0 unspecified atom stereocenters. The van der Waals surface area contributed by atoms with E-state index >= 15 is 0 Å². The molecule has 0 radical (unpaired) electrons. The van der Waals surface area contributed by atoms with Crippen molar-refractivity contribution in [2.45, 2.75) is 19.8 Å². The third-order valence-electron chi connectivity index (χ3n) is 4.00. The quantitative estimate of drug-likeness (QED) is 0.495. The van der Waals surface area contributed by atoms with Crippen LogP contribution in [0.3, 0.4) is 0 Å². The lowest BCUT2D eigenvalue weighted by molar-refractivity contribution is -0.122. The minimum absolute atomic E-state index is 0.183. The molecule has 6 nitrogen and oxygen atoms in total. The molecule has 0 aliphatic carbocycles. The van der Waals surface area contributed by atoms with Crippen LogP contribution in [0.5, 0.6) is 5.75 Å². The molecule has 2 N–H and O–H groups in total. The summed E-state index contributed by atoms with van der Waals surface area (Å²) in [5.41, 5.74) is 6.13. The van der Waals surface area contributed by atoms with Crippen molar-refractivity contribution in [2.75, 3.05) is 6.61 Å². The maximum absolute atomic E-state index is 12.2. The molecule has 2 amide bonds. The van der Waals surface area contributed by atoms with Crippen LogP contribution in [-0.2, 0) is 4.79 Å². The molecule has 27 heavy (non-hydrogen) atoms. The summed E-state index contributed by atoms with van der Waals surface area (Å²) in [6.45, 7) is 2.18. The van der Waals surface area contributed by atoms with Gasteiger partial charge in [0.05, 0.1) is 6.61 Å². The summed E-state index contributed by atoms with van der Waals surface area (Å²) >= 11 is 5.80. The van der Waals surface area contributed by atoms with Gasteiger partial charge in [0.2, 0.25) is 5.91 Å². The minimum Gasteiger partial charge on any atom is -0.494 e. The van der Waals surface area contributed by atoms with Gasteiger partial charge in [-0.15, -0.1) is 0 Å². The normalized spacial score (nSPS) is 10.6. The van der Waals surface area contributed by atoms with E-state index in [1.807, 2.05) is 18.2 Å². The van der Waals surface area contributed by atoms with Gasteiger partial charge in [0.25, 0.3) is 0 Å². The molecule has 0 aliphatic heterocycles. The van der Waals surface area contributed by atoms with Crippen LogP contribution < -0.4 is 15.6 Å². The van der Waals surface area contributed by atoms with Crippen molar-refractivity contribution in [1.82, 2.24) is 10.9 Å². The number of fused-ring (bicyclic) bond motifs is 1. The van der Waals surface area contributed by atoms with Crippen LogP contribution in [0.4, 0.5) is 0 Å². The number of carbonyl (C=O) groups excluding carboxylic acids is 2. The molecule has 0 bridgehead atoms. The molecule has 0 fully saturated rings. The molecule has 140 valence electrons. The Hall–Kier alpha value is -2.99. The molecular weight excluding hydrogens is 368 g/mol. The van der Waals surface area contributed by atoms with Crippen LogP contribution in [0.1, 0.15) is 29.0 Å². The first-order chi connectivity index (χ1) is 13.0. The van der Waals surface area contributed by atoms with Crippen LogP contribution in [0.15, 0.2) is 52.9 Å². The van der Waals surface area contributed by atoms with E-state index < -0.39 is 5.91 Å². The number of para-hydroxylation sites is 1. The number of rotatable bonds is 6. The second-order valence-electron chi connectivity index (χ2n) is 5.96. The lowest BCUT2D eigenvalue weighted by Gasteiger charge is -2.08. The molecular formula is C20H19ClN2O4. The van der Waals surface area contributed by atoms with Crippen LogP contribution >= 0.6 is 11.6 Å². The van der Waals surface area contributed by atoms with Gasteiger partial charge in [0.1, 0.15) is 11.3 Å². The summed E-state index contributed by atoms with van der Waals surface area (Å²) in [7, 11) is 0. The zero-order valence-electron chi connectivity index (χ0n) is 14.8. The van der Waals surface area contributed by atoms with Crippen LogP contribution in [0.2, 0.25) is 5.02 Å². The van der Waals surface area contributed by atoms with Gasteiger partial charge in [-0.3, -0.25) is 20.4 Å². The average molecular weight is 387 g/mol. The molecule has 0 atom stereocenters. The van der Waals surface area contributed by atoms with Gasteiger partial charge >= 0.3 is 5.91 Å². The van der Waals surface area contributed by atoms with Gasteiger partial charge in [-0.1, -0.05) is 29.8 Å². The van der Waals surface area contributed by atoms with E-state index in [0.717, 1.165) is 10.9 Å². The maximum atomic E-state index is 12.2.